The topological polar surface area (TPSA) is 117 Å². The Labute approximate surface area is 207 Å². The van der Waals surface area contributed by atoms with Crippen LogP contribution in [0.2, 0.25) is 10.2 Å². The number of nitrogens with one attached hydrogen (secondary N) is 1. The van der Waals surface area contributed by atoms with Crippen LogP contribution < -0.4 is 15.2 Å². The van der Waals surface area contributed by atoms with E-state index in [1.165, 1.54) is 10.9 Å². The largest absolute Gasteiger partial charge is 0.497 e. The van der Waals surface area contributed by atoms with Gasteiger partial charge in [-0.1, -0.05) is 35.3 Å². The molecule has 35 heavy (non-hydrogen) atoms. The van der Waals surface area contributed by atoms with Crippen molar-refractivity contribution in [2.45, 2.75) is 12.5 Å². The van der Waals surface area contributed by atoms with Gasteiger partial charge in [0.15, 0.2) is 5.82 Å². The van der Waals surface area contributed by atoms with Crippen molar-refractivity contribution in [1.29, 1.82) is 0 Å². The van der Waals surface area contributed by atoms with E-state index in [1.807, 2.05) is 12.1 Å². The smallest absolute Gasteiger partial charge is 0.407 e. The molecular weight excluding hydrogens is 509 g/mol. The number of alkyl halides is 2. The normalized spacial score (nSPS) is 15.7. The van der Waals surface area contributed by atoms with Crippen molar-refractivity contribution in [3.8, 4) is 17.1 Å². The Morgan fingerprint density at radius 2 is 1.94 bits per heavy atom. The number of anilines is 1. The number of nitrogens with zero attached hydrogens (tertiary/aromatic N) is 5. The van der Waals surface area contributed by atoms with Crippen molar-refractivity contribution >= 4 is 35.1 Å². The molecule has 3 heterocycles. The van der Waals surface area contributed by atoms with E-state index in [4.69, 9.17) is 33.0 Å². The minimum atomic E-state index is -3.39. The third kappa shape index (κ3) is 5.33. The summed E-state index contributed by atoms with van der Waals surface area (Å²) in [6.45, 7) is -1.88. The Morgan fingerprint density at radius 1 is 1.23 bits per heavy atom. The van der Waals surface area contributed by atoms with Crippen LogP contribution in [0.3, 0.4) is 0 Å². The molecule has 0 spiro atoms. The summed E-state index contributed by atoms with van der Waals surface area (Å²) in [5.41, 5.74) is 0.396. The fourth-order valence-corrected chi connectivity index (χ4v) is 4.13. The second-order valence-electron chi connectivity index (χ2n) is 7.89. The molecule has 1 saturated heterocycles. The highest BCUT2D eigenvalue weighted by Gasteiger charge is 2.40. The molecule has 3 aromatic rings. The lowest BCUT2D eigenvalue weighted by Gasteiger charge is -2.25. The van der Waals surface area contributed by atoms with Gasteiger partial charge in [0.25, 0.3) is 11.5 Å². The second kappa shape index (κ2) is 9.70. The summed E-state index contributed by atoms with van der Waals surface area (Å²) >= 11 is 12.6. The first-order valence-electron chi connectivity index (χ1n) is 10.3. The van der Waals surface area contributed by atoms with Crippen LogP contribution in [0, 0.1) is 0 Å². The zero-order valence-electron chi connectivity index (χ0n) is 18.3. The Hall–Kier alpha value is -3.38. The number of methoxy groups -OCH3 is 1. The number of halogens is 4. The minimum Gasteiger partial charge on any atom is -0.497 e. The fraction of sp³-hybridized carbons (Fsp3) is 0.333. The van der Waals surface area contributed by atoms with Crippen molar-refractivity contribution in [3.05, 3.63) is 56.6 Å². The van der Waals surface area contributed by atoms with Crippen molar-refractivity contribution in [1.82, 2.24) is 24.6 Å². The SMILES string of the molecule is COc1ccc(Cn2ncc(-c3nc(N4CCN(C(=O)O)CC(F)(F)C4)c(Cl)c(=O)[nH]3)c2Cl)cc1. The third-order valence-corrected chi connectivity index (χ3v) is 6.16. The molecule has 4 rings (SSSR count). The monoisotopic (exact) mass is 528 g/mol. The number of aromatic amines is 1. The molecule has 1 aliphatic heterocycles. The molecule has 0 aliphatic carbocycles. The third-order valence-electron chi connectivity index (χ3n) is 5.42. The highest BCUT2D eigenvalue weighted by atomic mass is 35.5. The lowest BCUT2D eigenvalue weighted by molar-refractivity contribution is -0.0117. The molecule has 14 heteroatoms. The summed E-state index contributed by atoms with van der Waals surface area (Å²) in [4.78, 5) is 32.3. The van der Waals surface area contributed by atoms with Gasteiger partial charge < -0.3 is 24.6 Å². The van der Waals surface area contributed by atoms with Crippen LogP contribution >= 0.6 is 23.2 Å². The number of carbonyl (C=O) groups is 1. The van der Waals surface area contributed by atoms with Gasteiger partial charge in [0.2, 0.25) is 0 Å². The summed E-state index contributed by atoms with van der Waals surface area (Å²) in [7, 11) is 1.56. The van der Waals surface area contributed by atoms with E-state index in [9.17, 15) is 18.4 Å². The molecule has 186 valence electrons. The molecule has 2 N–H and O–H groups in total. The van der Waals surface area contributed by atoms with E-state index in [1.54, 1.807) is 19.2 Å². The number of benzene rings is 1. The summed E-state index contributed by atoms with van der Waals surface area (Å²) in [5, 5.41) is 13.2. The maximum Gasteiger partial charge on any atom is 0.407 e. The van der Waals surface area contributed by atoms with Gasteiger partial charge in [-0.2, -0.15) is 5.10 Å². The molecule has 1 aromatic carbocycles. The molecule has 0 saturated carbocycles. The number of H-pyrrole nitrogens is 1. The van der Waals surface area contributed by atoms with Gasteiger partial charge in [-0.05, 0) is 17.7 Å². The summed E-state index contributed by atoms with van der Waals surface area (Å²) in [5.74, 6) is -2.90. The number of aromatic nitrogens is 4. The molecule has 1 amide bonds. The average Bonchev–Trinajstić information content (AvgIpc) is 3.07. The van der Waals surface area contributed by atoms with Crippen LogP contribution in [0.4, 0.5) is 19.4 Å². The molecule has 0 unspecified atom stereocenters. The number of ether oxygens (including phenoxy) is 1. The second-order valence-corrected chi connectivity index (χ2v) is 8.62. The number of hydrogen-bond acceptors (Lipinski definition) is 6. The predicted molar refractivity (Wildman–Crippen MR) is 125 cm³/mol. The van der Waals surface area contributed by atoms with Gasteiger partial charge in [0.05, 0.1) is 38.5 Å². The Morgan fingerprint density at radius 3 is 2.60 bits per heavy atom. The van der Waals surface area contributed by atoms with Crippen molar-refractivity contribution in [3.63, 3.8) is 0 Å². The Bertz CT molecular complexity index is 1300. The van der Waals surface area contributed by atoms with Crippen LogP contribution in [0.1, 0.15) is 5.56 Å². The molecule has 0 radical (unpaired) electrons. The molecule has 0 bridgehead atoms. The van der Waals surface area contributed by atoms with E-state index in [-0.39, 0.29) is 35.4 Å². The molecule has 1 fully saturated rings. The summed E-state index contributed by atoms with van der Waals surface area (Å²) in [6.07, 6.45) is -0.0707. The predicted octanol–water partition coefficient (Wildman–Crippen LogP) is 3.43. The van der Waals surface area contributed by atoms with E-state index in [2.05, 4.69) is 15.1 Å². The first-order valence-corrected chi connectivity index (χ1v) is 11.1. The van der Waals surface area contributed by atoms with Crippen LogP contribution in [-0.2, 0) is 6.54 Å². The zero-order valence-corrected chi connectivity index (χ0v) is 19.9. The van der Waals surface area contributed by atoms with Gasteiger partial charge >= 0.3 is 6.09 Å². The summed E-state index contributed by atoms with van der Waals surface area (Å²) in [6, 6.07) is 7.27. The molecule has 10 nitrogen and oxygen atoms in total. The molecule has 1 aliphatic rings. The number of carboxylic acid groups (broad SMARTS) is 1. The highest BCUT2D eigenvalue weighted by Crippen LogP contribution is 2.31. The van der Waals surface area contributed by atoms with E-state index >= 15 is 0 Å². The summed E-state index contributed by atoms with van der Waals surface area (Å²) < 4.78 is 35.5. The van der Waals surface area contributed by atoms with Crippen LogP contribution in [0.15, 0.2) is 35.3 Å². The van der Waals surface area contributed by atoms with Crippen LogP contribution in [0.25, 0.3) is 11.4 Å². The quantitative estimate of drug-likeness (QED) is 0.520. The first-order chi connectivity index (χ1) is 16.6. The van der Waals surface area contributed by atoms with Gasteiger partial charge in [-0.25, -0.2) is 23.2 Å². The minimum absolute atomic E-state index is 0.0111. The van der Waals surface area contributed by atoms with Gasteiger partial charge in [0.1, 0.15) is 21.7 Å². The average molecular weight is 529 g/mol. The van der Waals surface area contributed by atoms with Crippen LogP contribution in [-0.4, -0.2) is 75.1 Å². The number of amides is 1. The Balaban J connectivity index is 1.65. The lowest BCUT2D eigenvalue weighted by Crippen LogP contribution is -2.41. The van der Waals surface area contributed by atoms with Gasteiger partial charge in [-0.3, -0.25) is 4.79 Å². The van der Waals surface area contributed by atoms with E-state index in [0.29, 0.717) is 17.2 Å². The zero-order chi connectivity index (χ0) is 25.3. The molecule has 2 aromatic heterocycles. The first kappa shape index (κ1) is 24.7. The highest BCUT2D eigenvalue weighted by molar-refractivity contribution is 6.33. The van der Waals surface area contributed by atoms with Crippen molar-refractivity contribution in [2.75, 3.05) is 38.2 Å². The van der Waals surface area contributed by atoms with Crippen LogP contribution in [0.5, 0.6) is 5.75 Å². The van der Waals surface area contributed by atoms with Gasteiger partial charge in [0, 0.05) is 13.1 Å². The van der Waals surface area contributed by atoms with Crippen molar-refractivity contribution < 1.29 is 23.4 Å². The molecular formula is C21H20Cl2F2N6O4. The molecule has 0 atom stereocenters. The van der Waals surface area contributed by atoms with Crippen molar-refractivity contribution in [2.24, 2.45) is 0 Å². The maximum absolute atomic E-state index is 14.4. The number of hydrogen-bond donors (Lipinski definition) is 2. The standard InChI is InChI=1S/C21H20Cl2F2N6O4/c1-35-13-4-2-12(3-5-13)9-31-16(23)14(8-26-31)17-27-18(15(22)19(32)28-17)29-6-7-30(20(33)34)11-21(24,25)10-29/h2-5,8H,6-7,9-11H2,1H3,(H,33,34)(H,27,28,32). The number of rotatable bonds is 5. The van der Waals surface area contributed by atoms with E-state index in [0.717, 1.165) is 10.5 Å². The van der Waals surface area contributed by atoms with Gasteiger partial charge in [-0.15, -0.1) is 0 Å². The lowest BCUT2D eigenvalue weighted by atomic mass is 10.2. The Kier molecular flexibility index (Phi) is 6.86. The van der Waals surface area contributed by atoms with E-state index < -0.39 is 35.7 Å². The fourth-order valence-electron chi connectivity index (χ4n) is 3.68. The maximum atomic E-state index is 14.4.